The third-order valence-electron chi connectivity index (χ3n) is 3.80. The van der Waals surface area contributed by atoms with E-state index in [-0.39, 0.29) is 0 Å². The van der Waals surface area contributed by atoms with Gasteiger partial charge in [0.1, 0.15) is 0 Å². The molecule has 1 aromatic heterocycles. The van der Waals surface area contributed by atoms with E-state index in [0.29, 0.717) is 5.92 Å². The van der Waals surface area contributed by atoms with Crippen molar-refractivity contribution in [1.82, 2.24) is 15.1 Å². The molecule has 0 aliphatic heterocycles. The predicted molar refractivity (Wildman–Crippen MR) is 75.3 cm³/mol. The van der Waals surface area contributed by atoms with E-state index in [1.165, 1.54) is 37.8 Å². The summed E-state index contributed by atoms with van der Waals surface area (Å²) in [5.41, 5.74) is 1.17. The van der Waals surface area contributed by atoms with Gasteiger partial charge in [-0.05, 0) is 30.9 Å². The van der Waals surface area contributed by atoms with Gasteiger partial charge in [-0.1, -0.05) is 39.5 Å². The molecule has 0 bridgehead atoms. The molecule has 1 aromatic rings. The standard InChI is InChI=1S/C15H27N3/c1-13(2)11-16-12-15-8-10-18(17-15)9-7-14-5-3-4-6-14/h8,10,13-14,16H,3-7,9,11-12H2,1-2H3. The van der Waals surface area contributed by atoms with Gasteiger partial charge in [0.2, 0.25) is 0 Å². The summed E-state index contributed by atoms with van der Waals surface area (Å²) in [7, 11) is 0. The van der Waals surface area contributed by atoms with Gasteiger partial charge in [0.15, 0.2) is 0 Å². The molecule has 3 heteroatoms. The van der Waals surface area contributed by atoms with Crippen molar-refractivity contribution >= 4 is 0 Å². The SMILES string of the molecule is CC(C)CNCc1ccn(CCC2CCCC2)n1. The first-order chi connectivity index (χ1) is 8.74. The maximum Gasteiger partial charge on any atom is 0.0762 e. The van der Waals surface area contributed by atoms with E-state index in [1.807, 2.05) is 0 Å². The molecule has 1 heterocycles. The van der Waals surface area contributed by atoms with E-state index >= 15 is 0 Å². The van der Waals surface area contributed by atoms with Gasteiger partial charge in [-0.3, -0.25) is 4.68 Å². The Morgan fingerprint density at radius 3 is 2.89 bits per heavy atom. The van der Waals surface area contributed by atoms with Crippen LogP contribution in [0, 0.1) is 11.8 Å². The zero-order valence-corrected chi connectivity index (χ0v) is 11.9. The van der Waals surface area contributed by atoms with Gasteiger partial charge in [-0.25, -0.2) is 0 Å². The Morgan fingerprint density at radius 1 is 1.39 bits per heavy atom. The van der Waals surface area contributed by atoms with Crippen LogP contribution in [0.2, 0.25) is 0 Å². The minimum atomic E-state index is 0.703. The molecular weight excluding hydrogens is 222 g/mol. The Bertz CT molecular complexity index is 337. The largest absolute Gasteiger partial charge is 0.311 e. The van der Waals surface area contributed by atoms with Crippen LogP contribution in [0.25, 0.3) is 0 Å². The summed E-state index contributed by atoms with van der Waals surface area (Å²) < 4.78 is 2.12. The first-order valence-corrected chi connectivity index (χ1v) is 7.47. The van der Waals surface area contributed by atoms with Crippen molar-refractivity contribution in [2.24, 2.45) is 11.8 Å². The fourth-order valence-corrected chi connectivity index (χ4v) is 2.73. The van der Waals surface area contributed by atoms with E-state index in [2.05, 4.69) is 41.2 Å². The number of aryl methyl sites for hydroxylation is 1. The molecule has 1 N–H and O–H groups in total. The second kappa shape index (κ2) is 6.93. The van der Waals surface area contributed by atoms with Crippen LogP contribution in [0.15, 0.2) is 12.3 Å². The van der Waals surface area contributed by atoms with Gasteiger partial charge in [0.05, 0.1) is 5.69 Å². The van der Waals surface area contributed by atoms with Crippen LogP contribution in [0.5, 0.6) is 0 Å². The molecule has 1 saturated carbocycles. The third-order valence-corrected chi connectivity index (χ3v) is 3.80. The van der Waals surface area contributed by atoms with E-state index in [9.17, 15) is 0 Å². The van der Waals surface area contributed by atoms with Gasteiger partial charge >= 0.3 is 0 Å². The molecule has 2 rings (SSSR count). The molecule has 0 atom stereocenters. The number of aromatic nitrogens is 2. The lowest BCUT2D eigenvalue weighted by atomic mass is 10.0. The van der Waals surface area contributed by atoms with E-state index in [1.54, 1.807) is 0 Å². The lowest BCUT2D eigenvalue weighted by Crippen LogP contribution is -2.19. The molecule has 1 aliphatic rings. The zero-order valence-electron chi connectivity index (χ0n) is 11.9. The van der Waals surface area contributed by atoms with Crippen molar-refractivity contribution in [2.45, 2.75) is 59.0 Å². The first kappa shape index (κ1) is 13.6. The Morgan fingerprint density at radius 2 is 2.17 bits per heavy atom. The van der Waals surface area contributed by atoms with Gasteiger partial charge < -0.3 is 5.32 Å². The van der Waals surface area contributed by atoms with E-state index in [4.69, 9.17) is 0 Å². The predicted octanol–water partition coefficient (Wildman–Crippen LogP) is 3.21. The van der Waals surface area contributed by atoms with E-state index < -0.39 is 0 Å². The number of nitrogens with zero attached hydrogens (tertiary/aromatic N) is 2. The summed E-state index contributed by atoms with van der Waals surface area (Å²) >= 11 is 0. The summed E-state index contributed by atoms with van der Waals surface area (Å²) in [6.07, 6.45) is 9.18. The van der Waals surface area contributed by atoms with Crippen LogP contribution < -0.4 is 5.32 Å². The fraction of sp³-hybridized carbons (Fsp3) is 0.800. The summed E-state index contributed by atoms with van der Waals surface area (Å²) in [4.78, 5) is 0. The first-order valence-electron chi connectivity index (χ1n) is 7.47. The molecular formula is C15H27N3. The highest BCUT2D eigenvalue weighted by Crippen LogP contribution is 2.27. The number of nitrogens with one attached hydrogen (secondary N) is 1. The molecule has 18 heavy (non-hydrogen) atoms. The highest BCUT2D eigenvalue weighted by Gasteiger charge is 2.14. The Hall–Kier alpha value is -0.830. The second-order valence-corrected chi connectivity index (χ2v) is 6.03. The number of hydrogen-bond donors (Lipinski definition) is 1. The topological polar surface area (TPSA) is 29.9 Å². The van der Waals surface area contributed by atoms with E-state index in [0.717, 1.165) is 25.6 Å². The van der Waals surface area contributed by atoms with Gasteiger partial charge in [-0.2, -0.15) is 5.10 Å². The van der Waals surface area contributed by atoms with Crippen molar-refractivity contribution in [2.75, 3.05) is 6.54 Å². The molecule has 0 radical (unpaired) electrons. The van der Waals surface area contributed by atoms with Crippen molar-refractivity contribution in [3.63, 3.8) is 0 Å². The molecule has 1 fully saturated rings. The number of hydrogen-bond acceptors (Lipinski definition) is 2. The quantitative estimate of drug-likeness (QED) is 0.804. The highest BCUT2D eigenvalue weighted by molar-refractivity contribution is 4.98. The Balaban J connectivity index is 1.68. The smallest absolute Gasteiger partial charge is 0.0762 e. The van der Waals surface area contributed by atoms with Crippen LogP contribution in [0.4, 0.5) is 0 Å². The lowest BCUT2D eigenvalue weighted by molar-refractivity contribution is 0.437. The molecule has 102 valence electrons. The van der Waals surface area contributed by atoms with Crippen LogP contribution in [0.1, 0.15) is 51.6 Å². The van der Waals surface area contributed by atoms with Gasteiger partial charge in [0.25, 0.3) is 0 Å². The molecule has 0 saturated heterocycles. The summed E-state index contributed by atoms with van der Waals surface area (Å²) in [6.45, 7) is 7.51. The zero-order chi connectivity index (χ0) is 12.8. The molecule has 3 nitrogen and oxygen atoms in total. The average molecular weight is 249 g/mol. The van der Waals surface area contributed by atoms with Crippen LogP contribution in [-0.2, 0) is 13.1 Å². The minimum absolute atomic E-state index is 0.703. The Labute approximate surface area is 111 Å². The van der Waals surface area contributed by atoms with Crippen molar-refractivity contribution in [1.29, 1.82) is 0 Å². The normalized spacial score (nSPS) is 16.8. The minimum Gasteiger partial charge on any atom is -0.311 e. The van der Waals surface area contributed by atoms with Crippen LogP contribution >= 0.6 is 0 Å². The molecule has 0 spiro atoms. The molecule has 0 unspecified atom stereocenters. The monoisotopic (exact) mass is 249 g/mol. The third kappa shape index (κ3) is 4.45. The lowest BCUT2D eigenvalue weighted by Gasteiger charge is -2.08. The maximum absolute atomic E-state index is 4.62. The van der Waals surface area contributed by atoms with Crippen LogP contribution in [0.3, 0.4) is 0 Å². The summed E-state index contributed by atoms with van der Waals surface area (Å²) in [6, 6.07) is 2.14. The molecule has 1 aliphatic carbocycles. The Kier molecular flexibility index (Phi) is 5.24. The second-order valence-electron chi connectivity index (χ2n) is 6.03. The molecule has 0 amide bonds. The highest BCUT2D eigenvalue weighted by atomic mass is 15.3. The summed E-state index contributed by atoms with van der Waals surface area (Å²) in [5, 5.41) is 8.06. The fourth-order valence-electron chi connectivity index (χ4n) is 2.73. The average Bonchev–Trinajstić information content (AvgIpc) is 2.96. The van der Waals surface area contributed by atoms with Crippen molar-refractivity contribution in [3.05, 3.63) is 18.0 Å². The summed E-state index contributed by atoms with van der Waals surface area (Å²) in [5.74, 6) is 1.66. The maximum atomic E-state index is 4.62. The number of rotatable bonds is 7. The van der Waals surface area contributed by atoms with Crippen LogP contribution in [-0.4, -0.2) is 16.3 Å². The van der Waals surface area contributed by atoms with Gasteiger partial charge in [-0.15, -0.1) is 0 Å². The molecule has 0 aromatic carbocycles. The van der Waals surface area contributed by atoms with Crippen molar-refractivity contribution in [3.8, 4) is 0 Å². The van der Waals surface area contributed by atoms with Gasteiger partial charge in [0, 0.05) is 19.3 Å². The van der Waals surface area contributed by atoms with Crippen molar-refractivity contribution < 1.29 is 0 Å².